The monoisotopic (exact) mass is 361 g/mol. The Kier molecular flexibility index (Phi) is 5.22. The lowest BCUT2D eigenvalue weighted by Crippen LogP contribution is -2.52. The number of aliphatic carboxylic acids is 1. The molecule has 27 heavy (non-hydrogen) atoms. The number of hydrogen-bond acceptors (Lipinski definition) is 3. The third kappa shape index (κ3) is 3.53. The van der Waals surface area contributed by atoms with Crippen LogP contribution in [0.15, 0.2) is 84.9 Å². The van der Waals surface area contributed by atoms with Crippen molar-refractivity contribution in [2.75, 3.05) is 7.11 Å². The highest BCUT2D eigenvalue weighted by Gasteiger charge is 2.44. The fraction of sp³-hybridized carbons (Fsp3) is 0.0909. The number of hydrogen-bond donors (Lipinski definition) is 2. The molecule has 0 bridgehead atoms. The van der Waals surface area contributed by atoms with E-state index in [1.165, 1.54) is 7.11 Å². The smallest absolute Gasteiger partial charge is 0.338 e. The maximum absolute atomic E-state index is 12.9. The van der Waals surface area contributed by atoms with E-state index in [2.05, 4.69) is 5.32 Å². The van der Waals surface area contributed by atoms with E-state index in [1.54, 1.807) is 84.9 Å². The standard InChI is InChI=1S/C22H19NO4/c1-27-19-14-8-9-16(15-19)20(24)23-22(21(25)26,17-10-4-2-5-11-17)18-12-6-3-7-13-18/h2-15H,1H3,(H,23,24)(H,25,26). The highest BCUT2D eigenvalue weighted by atomic mass is 16.5. The first kappa shape index (κ1) is 18.2. The van der Waals surface area contributed by atoms with E-state index in [4.69, 9.17) is 4.74 Å². The maximum Gasteiger partial charge on any atom is 0.338 e. The van der Waals surface area contributed by atoms with Crippen molar-refractivity contribution >= 4 is 11.9 Å². The lowest BCUT2D eigenvalue weighted by Gasteiger charge is -2.31. The second-order valence-corrected chi connectivity index (χ2v) is 5.97. The molecule has 0 unspecified atom stereocenters. The van der Waals surface area contributed by atoms with Crippen LogP contribution in [0, 0.1) is 0 Å². The second-order valence-electron chi connectivity index (χ2n) is 5.97. The van der Waals surface area contributed by atoms with Crippen LogP contribution in [0.3, 0.4) is 0 Å². The van der Waals surface area contributed by atoms with E-state index in [0.29, 0.717) is 22.4 Å². The zero-order valence-corrected chi connectivity index (χ0v) is 14.8. The van der Waals surface area contributed by atoms with Gasteiger partial charge in [-0.05, 0) is 29.3 Å². The van der Waals surface area contributed by atoms with Crippen molar-refractivity contribution in [3.05, 3.63) is 102 Å². The first-order valence-electron chi connectivity index (χ1n) is 8.39. The Bertz CT molecular complexity index is 899. The first-order chi connectivity index (χ1) is 13.1. The minimum Gasteiger partial charge on any atom is -0.497 e. The van der Waals surface area contributed by atoms with Gasteiger partial charge in [-0.3, -0.25) is 4.79 Å². The maximum atomic E-state index is 12.9. The summed E-state index contributed by atoms with van der Waals surface area (Å²) in [5.74, 6) is -1.16. The van der Waals surface area contributed by atoms with E-state index in [1.807, 2.05) is 0 Å². The molecular weight excluding hydrogens is 342 g/mol. The molecule has 136 valence electrons. The van der Waals surface area contributed by atoms with Gasteiger partial charge in [-0.25, -0.2) is 4.79 Å². The van der Waals surface area contributed by atoms with Gasteiger partial charge in [0.25, 0.3) is 5.91 Å². The van der Waals surface area contributed by atoms with E-state index >= 15 is 0 Å². The average Bonchev–Trinajstić information content (AvgIpc) is 2.73. The van der Waals surface area contributed by atoms with Crippen LogP contribution in [0.1, 0.15) is 21.5 Å². The molecule has 0 aliphatic carbocycles. The fourth-order valence-corrected chi connectivity index (χ4v) is 2.99. The zero-order chi connectivity index (χ0) is 19.3. The molecule has 3 rings (SSSR count). The first-order valence-corrected chi connectivity index (χ1v) is 8.39. The van der Waals surface area contributed by atoms with Gasteiger partial charge in [0, 0.05) is 5.56 Å². The van der Waals surface area contributed by atoms with Gasteiger partial charge in [-0.1, -0.05) is 66.7 Å². The second kappa shape index (κ2) is 7.74. The van der Waals surface area contributed by atoms with Gasteiger partial charge < -0.3 is 15.2 Å². The van der Waals surface area contributed by atoms with Gasteiger partial charge in [-0.2, -0.15) is 0 Å². The van der Waals surface area contributed by atoms with Gasteiger partial charge in [0.2, 0.25) is 0 Å². The zero-order valence-electron chi connectivity index (χ0n) is 14.8. The van der Waals surface area contributed by atoms with Crippen LogP contribution >= 0.6 is 0 Å². The lowest BCUT2D eigenvalue weighted by atomic mass is 9.82. The average molecular weight is 361 g/mol. The molecule has 0 aliphatic heterocycles. The molecule has 0 saturated heterocycles. The molecule has 0 aromatic heterocycles. The lowest BCUT2D eigenvalue weighted by molar-refractivity contribution is -0.143. The summed E-state index contributed by atoms with van der Waals surface area (Å²) in [5, 5.41) is 12.9. The Morgan fingerprint density at radius 1 is 0.852 bits per heavy atom. The molecule has 0 fully saturated rings. The third-order valence-electron chi connectivity index (χ3n) is 4.37. The van der Waals surface area contributed by atoms with Crippen LogP contribution in [-0.2, 0) is 10.3 Å². The number of rotatable bonds is 6. The van der Waals surface area contributed by atoms with Crippen molar-refractivity contribution in [1.82, 2.24) is 5.32 Å². The fourth-order valence-electron chi connectivity index (χ4n) is 2.99. The number of carboxylic acids is 1. The Morgan fingerprint density at radius 2 is 1.41 bits per heavy atom. The van der Waals surface area contributed by atoms with Crippen LogP contribution in [0.5, 0.6) is 5.75 Å². The van der Waals surface area contributed by atoms with E-state index < -0.39 is 17.4 Å². The number of ether oxygens (including phenoxy) is 1. The Labute approximate surface area is 157 Å². The molecular formula is C22H19NO4. The summed E-state index contributed by atoms with van der Waals surface area (Å²) in [6.07, 6.45) is 0. The third-order valence-corrected chi connectivity index (χ3v) is 4.37. The topological polar surface area (TPSA) is 75.6 Å². The summed E-state index contributed by atoms with van der Waals surface area (Å²) in [6, 6.07) is 23.9. The van der Waals surface area contributed by atoms with Crippen molar-refractivity contribution < 1.29 is 19.4 Å². The number of carboxylic acid groups (broad SMARTS) is 1. The summed E-state index contributed by atoms with van der Waals surface area (Å²) >= 11 is 0. The highest BCUT2D eigenvalue weighted by molar-refractivity contribution is 6.00. The molecule has 1 amide bonds. The molecule has 5 nitrogen and oxygen atoms in total. The summed E-state index contributed by atoms with van der Waals surface area (Å²) in [6.45, 7) is 0. The van der Waals surface area contributed by atoms with Crippen molar-refractivity contribution in [3.63, 3.8) is 0 Å². The summed E-state index contributed by atoms with van der Waals surface area (Å²) in [7, 11) is 1.51. The molecule has 0 aliphatic rings. The molecule has 0 spiro atoms. The summed E-state index contributed by atoms with van der Waals surface area (Å²) < 4.78 is 5.16. The number of methoxy groups -OCH3 is 1. The minimum atomic E-state index is -1.72. The summed E-state index contributed by atoms with van der Waals surface area (Å²) in [4.78, 5) is 25.4. The quantitative estimate of drug-likeness (QED) is 0.705. The van der Waals surface area contributed by atoms with Crippen LogP contribution in [0.2, 0.25) is 0 Å². The molecule has 3 aromatic carbocycles. The Hall–Kier alpha value is -3.60. The highest BCUT2D eigenvalue weighted by Crippen LogP contribution is 2.31. The van der Waals surface area contributed by atoms with E-state index in [0.717, 1.165) is 0 Å². The van der Waals surface area contributed by atoms with Crippen molar-refractivity contribution in [2.24, 2.45) is 0 Å². The van der Waals surface area contributed by atoms with Crippen molar-refractivity contribution in [2.45, 2.75) is 5.54 Å². The Balaban J connectivity index is 2.12. The Morgan fingerprint density at radius 3 is 1.89 bits per heavy atom. The predicted molar refractivity (Wildman–Crippen MR) is 102 cm³/mol. The molecule has 2 N–H and O–H groups in total. The number of benzene rings is 3. The molecule has 5 heteroatoms. The van der Waals surface area contributed by atoms with E-state index in [9.17, 15) is 14.7 Å². The number of nitrogens with one attached hydrogen (secondary N) is 1. The summed E-state index contributed by atoms with van der Waals surface area (Å²) in [5.41, 5.74) is -0.491. The number of amides is 1. The van der Waals surface area contributed by atoms with Crippen LogP contribution in [0.25, 0.3) is 0 Å². The van der Waals surface area contributed by atoms with Crippen molar-refractivity contribution in [3.8, 4) is 5.75 Å². The van der Waals surface area contributed by atoms with Gasteiger partial charge in [0.15, 0.2) is 5.54 Å². The van der Waals surface area contributed by atoms with Gasteiger partial charge in [0.1, 0.15) is 5.75 Å². The van der Waals surface area contributed by atoms with Crippen LogP contribution < -0.4 is 10.1 Å². The number of carbonyl (C=O) groups is 2. The molecule has 3 aromatic rings. The molecule has 0 heterocycles. The molecule has 0 saturated carbocycles. The van der Waals surface area contributed by atoms with E-state index in [-0.39, 0.29) is 0 Å². The molecule has 0 atom stereocenters. The largest absolute Gasteiger partial charge is 0.497 e. The minimum absolute atomic E-state index is 0.312. The van der Waals surface area contributed by atoms with Crippen LogP contribution in [-0.4, -0.2) is 24.1 Å². The number of carbonyl (C=O) groups excluding carboxylic acids is 1. The van der Waals surface area contributed by atoms with Gasteiger partial charge >= 0.3 is 5.97 Å². The van der Waals surface area contributed by atoms with Gasteiger partial charge in [-0.15, -0.1) is 0 Å². The van der Waals surface area contributed by atoms with Gasteiger partial charge in [0.05, 0.1) is 7.11 Å². The SMILES string of the molecule is COc1cccc(C(=O)NC(C(=O)O)(c2ccccc2)c2ccccc2)c1. The van der Waals surface area contributed by atoms with Crippen molar-refractivity contribution in [1.29, 1.82) is 0 Å². The predicted octanol–water partition coefficient (Wildman–Crippen LogP) is 3.45. The van der Waals surface area contributed by atoms with Crippen LogP contribution in [0.4, 0.5) is 0 Å². The molecule has 0 radical (unpaired) electrons. The normalized spacial score (nSPS) is 10.9.